The van der Waals surface area contributed by atoms with E-state index in [-0.39, 0.29) is 35.5 Å². The van der Waals surface area contributed by atoms with Crippen molar-refractivity contribution in [3.63, 3.8) is 0 Å². The molecule has 2 fully saturated rings. The zero-order chi connectivity index (χ0) is 20.4. The van der Waals surface area contributed by atoms with Crippen molar-refractivity contribution in [3.05, 3.63) is 65.2 Å². The Morgan fingerprint density at radius 2 is 1.80 bits per heavy atom. The van der Waals surface area contributed by atoms with Gasteiger partial charge in [-0.1, -0.05) is 53.7 Å². The molecule has 0 N–H and O–H groups in total. The first kappa shape index (κ1) is 18.6. The van der Waals surface area contributed by atoms with E-state index >= 15 is 0 Å². The van der Waals surface area contributed by atoms with Gasteiger partial charge >= 0.3 is 0 Å². The molecule has 3 aliphatic rings. The molecule has 2 aliphatic carbocycles. The Hall–Kier alpha value is -2.15. The Kier molecular flexibility index (Phi) is 4.30. The monoisotopic (exact) mass is 452 g/mol. The number of allylic oxidation sites excluding steroid dienone is 2. The van der Waals surface area contributed by atoms with E-state index < -0.39 is 0 Å². The molecule has 0 radical (unpaired) electrons. The highest BCUT2D eigenvalue weighted by molar-refractivity contribution is 8.00. The molecule has 30 heavy (non-hydrogen) atoms. The molecular weight excluding hydrogens is 436 g/mol. The Bertz CT molecular complexity index is 1210. The van der Waals surface area contributed by atoms with Crippen LogP contribution in [-0.2, 0) is 15.3 Å². The van der Waals surface area contributed by atoms with E-state index in [1.165, 1.54) is 4.90 Å². The maximum Gasteiger partial charge on any atom is 0.238 e. The number of rotatable bonds is 4. The average molecular weight is 453 g/mol. The fourth-order valence-electron chi connectivity index (χ4n) is 5.00. The molecule has 4 nitrogen and oxygen atoms in total. The lowest BCUT2D eigenvalue weighted by Gasteiger charge is -2.17. The molecule has 4 atom stereocenters. The number of hydrogen-bond acceptors (Lipinski definition) is 5. The second kappa shape index (κ2) is 6.94. The molecule has 0 unspecified atom stereocenters. The zero-order valence-electron chi connectivity index (χ0n) is 15.8. The SMILES string of the molecule is O=C1[C@H]2[C@H](C(=O)N1c1ccc3nc(SCc4ccccc4Cl)sc3c1)[C@H]1C=C[C@H]2C1. The number of aromatic nitrogens is 1. The van der Waals surface area contributed by atoms with Crippen LogP contribution in [0.15, 0.2) is 59.0 Å². The molecule has 1 aromatic heterocycles. The predicted molar refractivity (Wildman–Crippen MR) is 121 cm³/mol. The van der Waals surface area contributed by atoms with Crippen molar-refractivity contribution in [3.8, 4) is 0 Å². The third kappa shape index (κ3) is 2.77. The number of carbonyl (C=O) groups is 2. The van der Waals surface area contributed by atoms with E-state index in [0.717, 1.165) is 37.3 Å². The molecule has 7 heteroatoms. The Balaban J connectivity index is 1.26. The summed E-state index contributed by atoms with van der Waals surface area (Å²) in [5.41, 5.74) is 2.62. The van der Waals surface area contributed by atoms with E-state index in [9.17, 15) is 9.59 Å². The van der Waals surface area contributed by atoms with Gasteiger partial charge in [0.1, 0.15) is 0 Å². The number of halogens is 1. The number of carbonyl (C=O) groups excluding carboxylic acids is 2. The lowest BCUT2D eigenvalue weighted by atomic mass is 9.85. The topological polar surface area (TPSA) is 50.3 Å². The van der Waals surface area contributed by atoms with Gasteiger partial charge in [-0.3, -0.25) is 9.59 Å². The predicted octanol–water partition coefficient (Wildman–Crippen LogP) is 5.55. The summed E-state index contributed by atoms with van der Waals surface area (Å²) >= 11 is 9.47. The molecule has 3 aromatic rings. The molecule has 2 bridgehead atoms. The van der Waals surface area contributed by atoms with Gasteiger partial charge in [0.15, 0.2) is 4.34 Å². The fourth-order valence-corrected chi connectivity index (χ4v) is 7.39. The van der Waals surface area contributed by atoms with Gasteiger partial charge in [-0.15, -0.1) is 11.3 Å². The summed E-state index contributed by atoms with van der Waals surface area (Å²) < 4.78 is 1.92. The van der Waals surface area contributed by atoms with Crippen LogP contribution in [0.5, 0.6) is 0 Å². The summed E-state index contributed by atoms with van der Waals surface area (Å²) in [6.07, 6.45) is 5.19. The van der Waals surface area contributed by atoms with Crippen LogP contribution < -0.4 is 4.90 Å². The minimum Gasteiger partial charge on any atom is -0.274 e. The lowest BCUT2D eigenvalue weighted by Crippen LogP contribution is -2.32. The van der Waals surface area contributed by atoms with Gasteiger partial charge in [-0.25, -0.2) is 9.88 Å². The first-order valence-electron chi connectivity index (χ1n) is 9.93. The van der Waals surface area contributed by atoms with E-state index in [2.05, 4.69) is 12.2 Å². The number of thioether (sulfide) groups is 1. The van der Waals surface area contributed by atoms with Crippen molar-refractivity contribution in [2.24, 2.45) is 23.7 Å². The van der Waals surface area contributed by atoms with Gasteiger partial charge in [-0.05, 0) is 48.1 Å². The molecule has 2 heterocycles. The average Bonchev–Trinajstić information content (AvgIpc) is 3.50. The summed E-state index contributed by atoms with van der Waals surface area (Å²) in [6, 6.07) is 13.5. The number of hydrogen-bond donors (Lipinski definition) is 0. The normalized spacial score (nSPS) is 26.9. The second-order valence-corrected chi connectivity index (χ2v) is 10.7. The van der Waals surface area contributed by atoms with Crippen LogP contribution in [0.25, 0.3) is 10.2 Å². The number of thiazole rings is 1. The first-order chi connectivity index (χ1) is 14.6. The summed E-state index contributed by atoms with van der Waals surface area (Å²) in [7, 11) is 0. The van der Waals surface area contributed by atoms with Gasteiger partial charge < -0.3 is 0 Å². The summed E-state index contributed by atoms with van der Waals surface area (Å²) in [5.74, 6) is 0.757. The van der Waals surface area contributed by atoms with Crippen molar-refractivity contribution in [1.82, 2.24) is 4.98 Å². The minimum atomic E-state index is -0.175. The standard InChI is InChI=1S/C23H17ClN2O2S2/c24-16-4-2-1-3-14(16)11-29-23-25-17-8-7-15(10-18(17)30-23)26-21(27)19-12-5-6-13(9-12)20(19)22(26)28/h1-8,10,12-13,19-20H,9,11H2/t12-,13-,19+,20+/m0/s1. The number of anilines is 1. The van der Waals surface area contributed by atoms with Gasteiger partial charge in [0.05, 0.1) is 27.7 Å². The molecule has 1 saturated heterocycles. The van der Waals surface area contributed by atoms with Gasteiger partial charge in [0, 0.05) is 10.8 Å². The quantitative estimate of drug-likeness (QED) is 0.295. The molecular formula is C23H17ClN2O2S2. The van der Waals surface area contributed by atoms with Crippen LogP contribution in [0.4, 0.5) is 5.69 Å². The summed E-state index contributed by atoms with van der Waals surface area (Å²) in [5, 5.41) is 0.758. The highest BCUT2D eigenvalue weighted by Crippen LogP contribution is 2.53. The van der Waals surface area contributed by atoms with Crippen LogP contribution in [0, 0.1) is 23.7 Å². The number of amides is 2. The van der Waals surface area contributed by atoms with Crippen LogP contribution in [0.2, 0.25) is 5.02 Å². The number of fused-ring (bicyclic) bond motifs is 6. The fraction of sp³-hybridized carbons (Fsp3) is 0.261. The van der Waals surface area contributed by atoms with Crippen molar-refractivity contribution < 1.29 is 9.59 Å². The van der Waals surface area contributed by atoms with Gasteiger partial charge in [0.2, 0.25) is 11.8 Å². The van der Waals surface area contributed by atoms with E-state index in [1.807, 2.05) is 42.5 Å². The Morgan fingerprint density at radius 1 is 1.07 bits per heavy atom. The molecule has 2 aromatic carbocycles. The van der Waals surface area contributed by atoms with Crippen molar-refractivity contribution in [2.75, 3.05) is 4.90 Å². The molecule has 6 rings (SSSR count). The number of imide groups is 1. The van der Waals surface area contributed by atoms with Gasteiger partial charge in [-0.2, -0.15) is 0 Å². The third-order valence-electron chi connectivity index (χ3n) is 6.39. The maximum absolute atomic E-state index is 13.1. The van der Waals surface area contributed by atoms with E-state index in [1.54, 1.807) is 23.1 Å². The van der Waals surface area contributed by atoms with Crippen molar-refractivity contribution in [2.45, 2.75) is 16.5 Å². The molecule has 150 valence electrons. The van der Waals surface area contributed by atoms with Crippen LogP contribution in [-0.4, -0.2) is 16.8 Å². The largest absolute Gasteiger partial charge is 0.274 e. The van der Waals surface area contributed by atoms with E-state index in [0.29, 0.717) is 5.69 Å². The first-order valence-corrected chi connectivity index (χ1v) is 12.1. The summed E-state index contributed by atoms with van der Waals surface area (Å²) in [6.45, 7) is 0. The maximum atomic E-state index is 13.1. The Morgan fingerprint density at radius 3 is 2.53 bits per heavy atom. The van der Waals surface area contributed by atoms with Crippen LogP contribution >= 0.6 is 34.7 Å². The molecule has 0 spiro atoms. The summed E-state index contributed by atoms with van der Waals surface area (Å²) in [4.78, 5) is 32.2. The van der Waals surface area contributed by atoms with Crippen LogP contribution in [0.1, 0.15) is 12.0 Å². The highest BCUT2D eigenvalue weighted by Gasteiger charge is 2.59. The molecule has 1 saturated carbocycles. The Labute approximate surface area is 186 Å². The number of nitrogens with zero attached hydrogens (tertiary/aromatic N) is 2. The number of benzene rings is 2. The van der Waals surface area contributed by atoms with Crippen molar-refractivity contribution >= 4 is 62.4 Å². The smallest absolute Gasteiger partial charge is 0.238 e. The van der Waals surface area contributed by atoms with Crippen molar-refractivity contribution in [1.29, 1.82) is 0 Å². The zero-order valence-corrected chi connectivity index (χ0v) is 18.2. The van der Waals surface area contributed by atoms with Crippen LogP contribution in [0.3, 0.4) is 0 Å². The molecule has 1 aliphatic heterocycles. The second-order valence-electron chi connectivity index (χ2n) is 8.02. The lowest BCUT2D eigenvalue weighted by molar-refractivity contribution is -0.123. The third-order valence-corrected chi connectivity index (χ3v) is 8.97. The van der Waals surface area contributed by atoms with E-state index in [4.69, 9.17) is 16.6 Å². The highest BCUT2D eigenvalue weighted by atomic mass is 35.5. The molecule has 2 amide bonds. The minimum absolute atomic E-state index is 0.0426. The van der Waals surface area contributed by atoms with Gasteiger partial charge in [0.25, 0.3) is 0 Å².